The molecule has 196 valence electrons. The Morgan fingerprint density at radius 3 is 2.40 bits per heavy atom. The number of amides is 3. The van der Waals surface area contributed by atoms with Crippen LogP contribution >= 0.6 is 0 Å². The number of rotatable bonds is 13. The molecule has 0 radical (unpaired) electrons. The van der Waals surface area contributed by atoms with Crippen molar-refractivity contribution in [1.82, 2.24) is 15.5 Å². The molecule has 1 saturated carbocycles. The van der Waals surface area contributed by atoms with E-state index >= 15 is 0 Å². The van der Waals surface area contributed by atoms with Crippen molar-refractivity contribution < 1.29 is 29.4 Å². The minimum atomic E-state index is -1.42. The third-order valence-corrected chi connectivity index (χ3v) is 6.62. The van der Waals surface area contributed by atoms with Crippen LogP contribution in [-0.4, -0.2) is 69.1 Å². The summed E-state index contributed by atoms with van der Waals surface area (Å²) in [5.41, 5.74) is -1.68. The number of hydrogen-bond donors (Lipinski definition) is 4. The normalized spacial score (nSPS) is 26.5. The lowest BCUT2D eigenvalue weighted by Gasteiger charge is -2.30. The van der Waals surface area contributed by atoms with Gasteiger partial charge in [0.05, 0.1) is 6.10 Å². The molecule has 0 spiro atoms. The number of allylic oxidation sites excluding steroid dienone is 1. The smallest absolute Gasteiger partial charge is 0.330 e. The van der Waals surface area contributed by atoms with Crippen LogP contribution in [0.5, 0.6) is 0 Å². The Bertz CT molecular complexity index is 835. The van der Waals surface area contributed by atoms with E-state index in [0.717, 1.165) is 19.3 Å². The molecule has 1 saturated heterocycles. The van der Waals surface area contributed by atoms with Crippen LogP contribution in [0.25, 0.3) is 0 Å². The zero-order valence-electron chi connectivity index (χ0n) is 21.2. The van der Waals surface area contributed by atoms with Crippen LogP contribution in [-0.2, 0) is 19.2 Å². The standard InChI is InChI=1S/C26H41N3O6/c1-6-8-9-10-11-12-19(27-21(31)15-25(3,4)5)23(33)29-16-18(30)13-20(29)22(32)28-26(24(34)35)14-17(26)7-2/h6-7,17-20,30H,1-2,8-16H2,3-5H3,(H,27,31)(H,28,32)(H,34,35)/t17-,18+,19+,20-,26-/m1/s1. The summed E-state index contributed by atoms with van der Waals surface area (Å²) in [6, 6.07) is -1.84. The van der Waals surface area contributed by atoms with Gasteiger partial charge in [0.15, 0.2) is 0 Å². The van der Waals surface area contributed by atoms with E-state index in [9.17, 15) is 29.4 Å². The highest BCUT2D eigenvalue weighted by molar-refractivity contribution is 5.96. The number of aliphatic hydroxyl groups excluding tert-OH is 1. The lowest BCUT2D eigenvalue weighted by molar-refractivity contribution is -0.146. The highest BCUT2D eigenvalue weighted by atomic mass is 16.4. The Kier molecular flexibility index (Phi) is 9.66. The number of β-amino-alcohol motifs (C(OH)–C–C–N with tert-alkyl or cyclic N) is 1. The summed E-state index contributed by atoms with van der Waals surface area (Å²) in [4.78, 5) is 52.3. The second-order valence-corrected chi connectivity index (χ2v) is 11.0. The first-order valence-electron chi connectivity index (χ1n) is 12.4. The molecular weight excluding hydrogens is 450 g/mol. The number of hydrogen-bond acceptors (Lipinski definition) is 5. The quantitative estimate of drug-likeness (QED) is 0.230. The van der Waals surface area contributed by atoms with Crippen molar-refractivity contribution >= 4 is 23.7 Å². The first kappa shape index (κ1) is 28.6. The number of unbranched alkanes of at least 4 members (excludes halogenated alkanes) is 3. The number of nitrogens with zero attached hydrogens (tertiary/aromatic N) is 1. The average Bonchev–Trinajstić information content (AvgIpc) is 3.34. The fraction of sp³-hybridized carbons (Fsp3) is 0.692. The zero-order chi connectivity index (χ0) is 26.4. The summed E-state index contributed by atoms with van der Waals surface area (Å²) in [6.07, 6.45) is 6.67. The number of carboxylic acid groups (broad SMARTS) is 1. The molecule has 1 aliphatic carbocycles. The van der Waals surface area contributed by atoms with Crippen molar-refractivity contribution in [2.24, 2.45) is 11.3 Å². The minimum Gasteiger partial charge on any atom is -0.479 e. The Balaban J connectivity index is 2.15. The third-order valence-electron chi connectivity index (χ3n) is 6.62. The van der Waals surface area contributed by atoms with Crippen molar-refractivity contribution in [1.29, 1.82) is 0 Å². The predicted molar refractivity (Wildman–Crippen MR) is 132 cm³/mol. The van der Waals surface area contributed by atoms with Gasteiger partial charge >= 0.3 is 5.97 Å². The molecule has 0 bridgehead atoms. The van der Waals surface area contributed by atoms with Crippen LogP contribution in [0.3, 0.4) is 0 Å². The van der Waals surface area contributed by atoms with Crippen molar-refractivity contribution in [2.45, 2.75) is 95.9 Å². The van der Waals surface area contributed by atoms with Gasteiger partial charge in [0.2, 0.25) is 17.7 Å². The molecule has 9 nitrogen and oxygen atoms in total. The summed E-state index contributed by atoms with van der Waals surface area (Å²) in [5, 5.41) is 25.3. The largest absolute Gasteiger partial charge is 0.479 e. The van der Waals surface area contributed by atoms with Crippen LogP contribution in [0.1, 0.15) is 72.1 Å². The molecule has 2 aliphatic rings. The topological polar surface area (TPSA) is 136 Å². The summed E-state index contributed by atoms with van der Waals surface area (Å²) >= 11 is 0. The van der Waals surface area contributed by atoms with E-state index in [0.29, 0.717) is 12.8 Å². The van der Waals surface area contributed by atoms with E-state index in [1.54, 1.807) is 0 Å². The van der Waals surface area contributed by atoms with Gasteiger partial charge in [-0.25, -0.2) is 4.79 Å². The molecule has 3 amide bonds. The van der Waals surface area contributed by atoms with Crippen molar-refractivity contribution in [3.05, 3.63) is 25.3 Å². The summed E-state index contributed by atoms with van der Waals surface area (Å²) in [5.74, 6) is -2.85. The van der Waals surface area contributed by atoms with Gasteiger partial charge in [0, 0.05) is 25.3 Å². The van der Waals surface area contributed by atoms with Crippen LogP contribution in [0.2, 0.25) is 0 Å². The third kappa shape index (κ3) is 7.65. The first-order chi connectivity index (χ1) is 16.3. The van der Waals surface area contributed by atoms with E-state index in [4.69, 9.17) is 0 Å². The number of likely N-dealkylation sites (tertiary alicyclic amines) is 1. The van der Waals surface area contributed by atoms with E-state index in [1.807, 2.05) is 26.8 Å². The Labute approximate surface area is 208 Å². The van der Waals surface area contributed by atoms with E-state index < -0.39 is 41.5 Å². The number of aliphatic hydroxyl groups is 1. The van der Waals surface area contributed by atoms with Gasteiger partial charge in [0.1, 0.15) is 17.6 Å². The maximum absolute atomic E-state index is 13.5. The van der Waals surface area contributed by atoms with E-state index in [-0.39, 0.29) is 43.0 Å². The highest BCUT2D eigenvalue weighted by Crippen LogP contribution is 2.44. The van der Waals surface area contributed by atoms with Gasteiger partial charge in [-0.3, -0.25) is 14.4 Å². The Morgan fingerprint density at radius 1 is 1.17 bits per heavy atom. The molecule has 35 heavy (non-hydrogen) atoms. The molecule has 2 rings (SSSR count). The minimum absolute atomic E-state index is 0.00796. The number of aliphatic carboxylic acids is 1. The van der Waals surface area contributed by atoms with Gasteiger partial charge in [-0.15, -0.1) is 13.2 Å². The second-order valence-electron chi connectivity index (χ2n) is 11.0. The Hall–Kier alpha value is -2.68. The number of carbonyl (C=O) groups is 4. The lowest BCUT2D eigenvalue weighted by Crippen LogP contribution is -2.56. The summed E-state index contributed by atoms with van der Waals surface area (Å²) < 4.78 is 0. The lowest BCUT2D eigenvalue weighted by atomic mass is 9.91. The van der Waals surface area contributed by atoms with Gasteiger partial charge in [-0.1, -0.05) is 45.8 Å². The van der Waals surface area contributed by atoms with Crippen LogP contribution in [0.4, 0.5) is 0 Å². The fourth-order valence-electron chi connectivity index (χ4n) is 4.62. The van der Waals surface area contributed by atoms with Gasteiger partial charge in [-0.05, 0) is 31.1 Å². The molecule has 9 heteroatoms. The molecule has 1 heterocycles. The molecule has 0 aromatic rings. The van der Waals surface area contributed by atoms with Crippen LogP contribution in [0.15, 0.2) is 25.3 Å². The van der Waals surface area contributed by atoms with E-state index in [1.165, 1.54) is 11.0 Å². The maximum Gasteiger partial charge on any atom is 0.330 e. The maximum atomic E-state index is 13.5. The number of nitrogens with one attached hydrogen (secondary N) is 2. The van der Waals surface area contributed by atoms with Crippen molar-refractivity contribution in [2.75, 3.05) is 6.54 Å². The SMILES string of the molecule is C=CCCCCC[C@H](NC(=O)CC(C)(C)C)C(=O)N1C[C@@H](O)C[C@@H]1C(=O)N[C@]1(C(=O)O)C[C@H]1C=C. The zero-order valence-corrected chi connectivity index (χ0v) is 21.2. The van der Waals surface area contributed by atoms with Gasteiger partial charge < -0.3 is 25.7 Å². The second kappa shape index (κ2) is 11.8. The molecular formula is C26H41N3O6. The molecule has 1 aliphatic heterocycles. The number of carbonyl (C=O) groups excluding carboxylic acids is 3. The van der Waals surface area contributed by atoms with Gasteiger partial charge in [0.25, 0.3) is 0 Å². The van der Waals surface area contributed by atoms with Crippen LogP contribution < -0.4 is 10.6 Å². The molecule has 0 aromatic carbocycles. The molecule has 2 fully saturated rings. The van der Waals surface area contributed by atoms with Crippen molar-refractivity contribution in [3.63, 3.8) is 0 Å². The van der Waals surface area contributed by atoms with E-state index in [2.05, 4.69) is 23.8 Å². The fourth-order valence-corrected chi connectivity index (χ4v) is 4.62. The first-order valence-corrected chi connectivity index (χ1v) is 12.4. The van der Waals surface area contributed by atoms with Crippen molar-refractivity contribution in [3.8, 4) is 0 Å². The van der Waals surface area contributed by atoms with Crippen LogP contribution in [0, 0.1) is 11.3 Å². The predicted octanol–water partition coefficient (Wildman–Crippen LogP) is 2.15. The number of carboxylic acids is 1. The van der Waals surface area contributed by atoms with Gasteiger partial charge in [-0.2, -0.15) is 0 Å². The summed E-state index contributed by atoms with van der Waals surface area (Å²) in [7, 11) is 0. The Morgan fingerprint density at radius 2 is 1.86 bits per heavy atom. The monoisotopic (exact) mass is 491 g/mol. The molecule has 5 atom stereocenters. The highest BCUT2D eigenvalue weighted by Gasteiger charge is 2.61. The molecule has 0 aromatic heterocycles. The summed E-state index contributed by atoms with van der Waals surface area (Å²) in [6.45, 7) is 13.1. The molecule has 0 unspecified atom stereocenters. The average molecular weight is 492 g/mol. The molecule has 4 N–H and O–H groups in total.